The van der Waals surface area contributed by atoms with Gasteiger partial charge in [-0.05, 0) is 62.2 Å². The number of nitrogens with zero attached hydrogens (tertiary/aromatic N) is 4. The molecule has 37 heavy (non-hydrogen) atoms. The van der Waals surface area contributed by atoms with Crippen molar-refractivity contribution in [2.24, 2.45) is 0 Å². The number of aromatic nitrogens is 2. The van der Waals surface area contributed by atoms with Gasteiger partial charge in [-0.25, -0.2) is 10.0 Å². The Hall–Kier alpha value is -2.58. The van der Waals surface area contributed by atoms with Gasteiger partial charge in [-0.3, -0.25) is 4.84 Å². The molecule has 1 fully saturated rings. The minimum Gasteiger partial charge on any atom is -0.493 e. The monoisotopic (exact) mass is 545 g/mol. The van der Waals surface area contributed by atoms with E-state index in [0.717, 1.165) is 60.6 Å². The molecule has 1 aliphatic heterocycles. The molecule has 4 rings (SSSR count). The van der Waals surface area contributed by atoms with E-state index in [-0.39, 0.29) is 18.4 Å². The topological polar surface area (TPSA) is 62.8 Å². The molecule has 1 atom stereocenters. The largest absolute Gasteiger partial charge is 0.493 e. The summed E-state index contributed by atoms with van der Waals surface area (Å²) in [6, 6.07) is 14.4. The van der Waals surface area contributed by atoms with Gasteiger partial charge in [0.05, 0.1) is 25.5 Å². The van der Waals surface area contributed by atoms with Gasteiger partial charge in [0.1, 0.15) is 10.8 Å². The summed E-state index contributed by atoms with van der Waals surface area (Å²) in [5, 5.41) is 5.58. The number of hydrogen-bond acceptors (Lipinski definition) is 7. The maximum atomic E-state index is 6.51. The molecule has 7 nitrogen and oxygen atoms in total. The van der Waals surface area contributed by atoms with E-state index in [0.29, 0.717) is 30.0 Å². The maximum absolute atomic E-state index is 6.51. The molecule has 0 spiro atoms. The average molecular weight is 547 g/mol. The van der Waals surface area contributed by atoms with Crippen LogP contribution in [0.15, 0.2) is 48.7 Å². The van der Waals surface area contributed by atoms with E-state index < -0.39 is 0 Å². The van der Waals surface area contributed by atoms with E-state index in [1.54, 1.807) is 11.3 Å². The van der Waals surface area contributed by atoms with Crippen molar-refractivity contribution in [3.05, 3.63) is 70.4 Å². The van der Waals surface area contributed by atoms with Crippen molar-refractivity contribution >= 4 is 41.5 Å². The van der Waals surface area contributed by atoms with Gasteiger partial charge in [-0.1, -0.05) is 55.8 Å². The average Bonchev–Trinajstić information content (AvgIpc) is 3.37. The number of hydroxylamine groups is 1. The van der Waals surface area contributed by atoms with Crippen LogP contribution in [0.5, 0.6) is 5.75 Å². The van der Waals surface area contributed by atoms with Crippen LogP contribution in [0.3, 0.4) is 0 Å². The lowest BCUT2D eigenvalue weighted by Crippen LogP contribution is -2.25. The highest BCUT2D eigenvalue weighted by Gasteiger charge is 2.30. The highest BCUT2D eigenvalue weighted by molar-refractivity contribution is 6.32. The molecular weight excluding hydrogens is 509 g/mol. The first-order valence-electron chi connectivity index (χ1n) is 12.7. The molecule has 1 saturated heterocycles. The van der Waals surface area contributed by atoms with E-state index in [1.807, 2.05) is 18.2 Å². The number of ether oxygens (including phenoxy) is 1. The lowest BCUT2D eigenvalue weighted by Gasteiger charge is -2.24. The van der Waals surface area contributed by atoms with Crippen LogP contribution in [0.2, 0.25) is 5.02 Å². The molecule has 2 heterocycles. The fourth-order valence-electron chi connectivity index (χ4n) is 4.61. The Kier molecular flexibility index (Phi) is 10.8. The standard InChI is InChI=1S/C28H36ClN5O2.ClH/c1-5-33(6-2)14-10-15-35-26-20(3)17-23(18-21(26)4)31-28-30-19-24(29)27(32-28)34-25(13-16-36-34)22-11-8-7-9-12-22;/h7-9,11-12,17-19,25H,5-6,10,13-16H2,1-4H3,(H,30,31,32);1H. The molecule has 1 aromatic heterocycles. The van der Waals surface area contributed by atoms with Gasteiger partial charge in [0.25, 0.3) is 0 Å². The second kappa shape index (κ2) is 13.8. The zero-order chi connectivity index (χ0) is 25.5. The van der Waals surface area contributed by atoms with E-state index in [4.69, 9.17) is 26.2 Å². The van der Waals surface area contributed by atoms with Crippen molar-refractivity contribution in [3.8, 4) is 5.75 Å². The molecule has 0 saturated carbocycles. The molecule has 0 bridgehead atoms. The minimum atomic E-state index is 0. The van der Waals surface area contributed by atoms with Gasteiger partial charge in [0, 0.05) is 18.7 Å². The quantitative estimate of drug-likeness (QED) is 0.262. The first-order chi connectivity index (χ1) is 17.5. The van der Waals surface area contributed by atoms with Crippen molar-refractivity contribution in [2.45, 2.75) is 46.6 Å². The highest BCUT2D eigenvalue weighted by atomic mass is 35.5. The fourth-order valence-corrected chi connectivity index (χ4v) is 4.78. The second-order valence-electron chi connectivity index (χ2n) is 9.03. The lowest BCUT2D eigenvalue weighted by atomic mass is 10.0. The first kappa shape index (κ1) is 29.0. The van der Waals surface area contributed by atoms with E-state index >= 15 is 0 Å². The van der Waals surface area contributed by atoms with Crippen molar-refractivity contribution in [1.82, 2.24) is 14.9 Å². The van der Waals surface area contributed by atoms with Crippen LogP contribution in [0, 0.1) is 13.8 Å². The normalized spacial score (nSPS) is 15.1. The van der Waals surface area contributed by atoms with E-state index in [2.05, 4.69) is 67.2 Å². The molecule has 0 radical (unpaired) electrons. The smallest absolute Gasteiger partial charge is 0.229 e. The van der Waals surface area contributed by atoms with E-state index in [9.17, 15) is 0 Å². The zero-order valence-electron chi connectivity index (χ0n) is 22.0. The lowest BCUT2D eigenvalue weighted by molar-refractivity contribution is 0.157. The van der Waals surface area contributed by atoms with Crippen molar-refractivity contribution in [2.75, 3.05) is 43.2 Å². The summed E-state index contributed by atoms with van der Waals surface area (Å²) in [6.45, 7) is 13.0. The number of rotatable bonds is 11. The Balaban J connectivity index is 0.00000380. The summed E-state index contributed by atoms with van der Waals surface area (Å²) in [5.74, 6) is 1.96. The van der Waals surface area contributed by atoms with Crippen LogP contribution in [0.4, 0.5) is 17.5 Å². The highest BCUT2D eigenvalue weighted by Crippen LogP contribution is 2.37. The fraction of sp³-hybridized carbons (Fsp3) is 0.429. The molecule has 2 aromatic carbocycles. The third-order valence-electron chi connectivity index (χ3n) is 6.50. The van der Waals surface area contributed by atoms with Gasteiger partial charge in [0.15, 0.2) is 5.82 Å². The maximum Gasteiger partial charge on any atom is 0.229 e. The van der Waals surface area contributed by atoms with Gasteiger partial charge in [-0.15, -0.1) is 12.4 Å². The van der Waals surface area contributed by atoms with E-state index in [1.165, 1.54) is 0 Å². The number of benzene rings is 2. The van der Waals surface area contributed by atoms with Gasteiger partial charge in [-0.2, -0.15) is 4.98 Å². The van der Waals surface area contributed by atoms with Crippen molar-refractivity contribution < 1.29 is 9.57 Å². The molecule has 9 heteroatoms. The number of aryl methyl sites for hydroxylation is 2. The Morgan fingerprint density at radius 1 is 1.14 bits per heavy atom. The minimum absolute atomic E-state index is 0. The van der Waals surface area contributed by atoms with Crippen LogP contribution in [-0.4, -0.2) is 47.7 Å². The van der Waals surface area contributed by atoms with Gasteiger partial charge >= 0.3 is 0 Å². The number of halogens is 2. The van der Waals surface area contributed by atoms with Crippen LogP contribution in [0.1, 0.15) is 49.4 Å². The summed E-state index contributed by atoms with van der Waals surface area (Å²) in [7, 11) is 0. The van der Waals surface area contributed by atoms with Crippen molar-refractivity contribution in [1.29, 1.82) is 0 Å². The third kappa shape index (κ3) is 7.26. The zero-order valence-corrected chi connectivity index (χ0v) is 23.6. The summed E-state index contributed by atoms with van der Waals surface area (Å²) in [5.41, 5.74) is 4.21. The number of nitrogens with one attached hydrogen (secondary N) is 1. The summed E-state index contributed by atoms with van der Waals surface area (Å²) < 4.78 is 6.14. The molecule has 0 aliphatic carbocycles. The van der Waals surface area contributed by atoms with Crippen LogP contribution >= 0.6 is 24.0 Å². The Bertz CT molecular complexity index is 1120. The van der Waals surface area contributed by atoms with Crippen LogP contribution in [-0.2, 0) is 4.84 Å². The predicted molar refractivity (Wildman–Crippen MR) is 154 cm³/mol. The second-order valence-corrected chi connectivity index (χ2v) is 9.44. The SMILES string of the molecule is CCN(CC)CCCOc1c(C)cc(Nc2ncc(Cl)c(N3OCCC3c3ccccc3)n2)cc1C.Cl. The van der Waals surface area contributed by atoms with Gasteiger partial charge < -0.3 is 15.0 Å². The molecule has 200 valence electrons. The number of anilines is 3. The molecular formula is C28H37Cl2N5O2. The molecule has 3 aromatic rings. The summed E-state index contributed by atoms with van der Waals surface area (Å²) >= 11 is 6.51. The first-order valence-corrected chi connectivity index (χ1v) is 13.1. The summed E-state index contributed by atoms with van der Waals surface area (Å²) in [4.78, 5) is 17.5. The Labute approximate surface area is 231 Å². The summed E-state index contributed by atoms with van der Waals surface area (Å²) in [6.07, 6.45) is 3.48. The predicted octanol–water partition coefficient (Wildman–Crippen LogP) is 6.91. The number of hydrogen-bond donors (Lipinski definition) is 1. The van der Waals surface area contributed by atoms with Crippen LogP contribution in [0.25, 0.3) is 0 Å². The third-order valence-corrected chi connectivity index (χ3v) is 6.77. The molecule has 1 N–H and O–H groups in total. The van der Waals surface area contributed by atoms with Gasteiger partial charge in [0.2, 0.25) is 5.95 Å². The van der Waals surface area contributed by atoms with Crippen LogP contribution < -0.4 is 15.1 Å². The molecule has 0 amide bonds. The van der Waals surface area contributed by atoms with Crippen molar-refractivity contribution in [3.63, 3.8) is 0 Å². The molecule has 1 unspecified atom stereocenters. The Morgan fingerprint density at radius 3 is 2.51 bits per heavy atom. The Morgan fingerprint density at radius 2 is 1.84 bits per heavy atom. The molecule has 1 aliphatic rings.